The highest BCUT2D eigenvalue weighted by molar-refractivity contribution is 9.09. The van der Waals surface area contributed by atoms with E-state index in [-0.39, 0.29) is 43.6 Å². The third-order valence-electron chi connectivity index (χ3n) is 8.95. The van der Waals surface area contributed by atoms with E-state index in [0.717, 1.165) is 16.9 Å². The Morgan fingerprint density at radius 2 is 1.39 bits per heavy atom. The van der Waals surface area contributed by atoms with Gasteiger partial charge in [0.05, 0.1) is 28.4 Å². The number of nitrogens with zero attached hydrogens (tertiary/aromatic N) is 3. The lowest BCUT2D eigenvalue weighted by Crippen LogP contribution is -2.52. The fourth-order valence-electron chi connectivity index (χ4n) is 5.99. The zero-order valence-corrected chi connectivity index (χ0v) is 32.4. The molecule has 46 heavy (non-hydrogen) atoms. The lowest BCUT2D eigenvalue weighted by molar-refractivity contribution is -0.113. The average Bonchev–Trinajstić information content (AvgIpc) is 3.46. The second-order valence-electron chi connectivity index (χ2n) is 16.6. The highest BCUT2D eigenvalue weighted by Gasteiger charge is 2.51. The van der Waals surface area contributed by atoms with Crippen LogP contribution in [0.3, 0.4) is 0 Å². The smallest absolute Gasteiger partial charge is 0.267 e. The van der Waals surface area contributed by atoms with Crippen molar-refractivity contribution in [2.75, 3.05) is 5.33 Å². The summed E-state index contributed by atoms with van der Waals surface area (Å²) in [5.74, 6) is -0.165. The van der Waals surface area contributed by atoms with Crippen LogP contribution in [0.4, 0.5) is 0 Å². The van der Waals surface area contributed by atoms with Crippen LogP contribution in [0.15, 0.2) is 52.6 Å². The van der Waals surface area contributed by atoms with Crippen molar-refractivity contribution in [2.24, 2.45) is 38.6 Å². The van der Waals surface area contributed by atoms with Crippen molar-refractivity contribution in [3.8, 4) is 0 Å². The average molecular weight is 740 g/mol. The highest BCUT2D eigenvalue weighted by Crippen LogP contribution is 2.50. The number of rotatable bonds is 4. The maximum absolute atomic E-state index is 11.9. The van der Waals surface area contributed by atoms with Gasteiger partial charge in [-0.15, -0.1) is 5.10 Å². The Labute approximate surface area is 286 Å². The first-order valence-electron chi connectivity index (χ1n) is 15.3. The number of carbonyl (C=O) groups excluding carboxylic acids is 1. The Bertz CT molecular complexity index is 1670. The van der Waals surface area contributed by atoms with Gasteiger partial charge in [0.2, 0.25) is 9.30 Å². The molecule has 4 rings (SSSR count). The molecule has 9 nitrogen and oxygen atoms in total. The van der Waals surface area contributed by atoms with E-state index >= 15 is 0 Å². The third kappa shape index (κ3) is 7.68. The van der Waals surface area contributed by atoms with Crippen LogP contribution in [-0.2, 0) is 14.8 Å². The molecule has 0 saturated carbocycles. The van der Waals surface area contributed by atoms with Crippen molar-refractivity contribution >= 4 is 53.6 Å². The molecule has 2 aliphatic carbocycles. The molecule has 2 heterocycles. The van der Waals surface area contributed by atoms with Crippen LogP contribution < -0.4 is 5.14 Å². The molecule has 2 aromatic heterocycles. The number of primary sulfonamides is 1. The number of hydrogen-bond acceptors (Lipinski definition) is 8. The summed E-state index contributed by atoms with van der Waals surface area (Å²) in [5, 5.41) is 32.0. The number of hydrogen-bond donors (Lipinski definition) is 3. The van der Waals surface area contributed by atoms with E-state index in [0.29, 0.717) is 21.6 Å². The molecule has 0 spiro atoms. The van der Waals surface area contributed by atoms with Gasteiger partial charge in [-0.05, 0) is 27.2 Å². The van der Waals surface area contributed by atoms with Crippen molar-refractivity contribution in [3.05, 3.63) is 53.9 Å². The predicted octanol–water partition coefficient (Wildman–Crippen LogP) is 6.72. The van der Waals surface area contributed by atoms with E-state index in [1.54, 1.807) is 18.3 Å². The third-order valence-corrected chi connectivity index (χ3v) is 11.7. The van der Waals surface area contributed by atoms with Gasteiger partial charge in [-0.2, -0.15) is 0 Å². The molecule has 2 aromatic rings. The van der Waals surface area contributed by atoms with E-state index in [1.165, 1.54) is 4.52 Å². The number of sulfonamides is 1. The summed E-state index contributed by atoms with van der Waals surface area (Å²) in [6.07, 6.45) is 13.0. The lowest BCUT2D eigenvalue weighted by Gasteiger charge is -2.49. The normalized spacial score (nSPS) is 26.0. The molecule has 0 aromatic carbocycles. The van der Waals surface area contributed by atoms with Crippen LogP contribution in [0, 0.1) is 33.5 Å². The molecule has 4 atom stereocenters. The number of halogens is 1. The summed E-state index contributed by atoms with van der Waals surface area (Å²) in [4.78, 5) is 16.8. The minimum atomic E-state index is -3.85. The van der Waals surface area contributed by atoms with Gasteiger partial charge in [0.1, 0.15) is 0 Å². The van der Waals surface area contributed by atoms with Gasteiger partial charge < -0.3 is 10.2 Å². The molecule has 0 fully saturated rings. The Morgan fingerprint density at radius 3 is 1.80 bits per heavy atom. The number of aliphatic hydroxyl groups is 2. The van der Waals surface area contributed by atoms with Gasteiger partial charge in [0.25, 0.3) is 10.0 Å². The van der Waals surface area contributed by atoms with Crippen LogP contribution in [0.5, 0.6) is 0 Å². The molecule has 12 heteroatoms. The number of Topliss-reactive ketones (excluding diaryl/α,β-unsaturated/α-hetero) is 1. The summed E-state index contributed by atoms with van der Waals surface area (Å²) in [5.41, 5.74) is -0.628. The van der Waals surface area contributed by atoms with Crippen LogP contribution >= 0.6 is 27.3 Å². The first kappa shape index (κ1) is 38.5. The number of carbonyl (C=O) groups is 1. The zero-order chi connectivity index (χ0) is 35.5. The van der Waals surface area contributed by atoms with Gasteiger partial charge in [0.15, 0.2) is 5.78 Å². The number of allylic oxidation sites excluding steroid dienone is 4. The first-order chi connectivity index (χ1) is 20.6. The maximum atomic E-state index is 11.9. The molecule has 0 bridgehead atoms. The Hall–Kier alpha value is -1.96. The molecule has 0 aliphatic heterocycles. The van der Waals surface area contributed by atoms with Crippen LogP contribution in [0.1, 0.15) is 88.8 Å². The summed E-state index contributed by atoms with van der Waals surface area (Å²) in [6, 6.07) is 0. The highest BCUT2D eigenvalue weighted by atomic mass is 79.9. The Balaban J connectivity index is 0.000000268. The van der Waals surface area contributed by atoms with E-state index in [9.17, 15) is 23.4 Å². The molecule has 2 aliphatic rings. The Morgan fingerprint density at radius 1 is 0.913 bits per heavy atom. The van der Waals surface area contributed by atoms with Gasteiger partial charge in [-0.1, -0.05) is 147 Å². The van der Waals surface area contributed by atoms with Crippen molar-refractivity contribution in [1.29, 1.82) is 0 Å². The minimum Gasteiger partial charge on any atom is -0.385 e. The first-order valence-corrected chi connectivity index (χ1v) is 18.8. The fraction of sp³-hybridized carbons (Fsp3) is 0.618. The van der Waals surface area contributed by atoms with Crippen LogP contribution in [0.2, 0.25) is 0 Å². The van der Waals surface area contributed by atoms with Gasteiger partial charge in [-0.3, -0.25) is 4.79 Å². The molecule has 0 radical (unpaired) electrons. The molecule has 0 saturated heterocycles. The zero-order valence-electron chi connectivity index (χ0n) is 29.1. The van der Waals surface area contributed by atoms with Gasteiger partial charge >= 0.3 is 0 Å². The van der Waals surface area contributed by atoms with Gasteiger partial charge in [-0.25, -0.2) is 23.1 Å². The fourth-order valence-corrected chi connectivity index (χ4v) is 7.82. The topological polar surface area (TPSA) is 148 Å². The van der Waals surface area contributed by atoms with Crippen molar-refractivity contribution in [3.63, 3.8) is 0 Å². The van der Waals surface area contributed by atoms with Crippen LogP contribution in [0.25, 0.3) is 10.5 Å². The molecule has 4 unspecified atom stereocenters. The number of nitrogens with two attached hydrogens (primary N) is 1. The summed E-state index contributed by atoms with van der Waals surface area (Å²) in [7, 11) is -3.85. The number of alkyl halides is 1. The van der Waals surface area contributed by atoms with E-state index in [4.69, 9.17) is 5.14 Å². The van der Waals surface area contributed by atoms with Crippen molar-refractivity contribution < 1.29 is 23.4 Å². The number of fused-ring (bicyclic) bond motifs is 1. The largest absolute Gasteiger partial charge is 0.385 e. The molecule has 4 N–H and O–H groups in total. The predicted molar refractivity (Wildman–Crippen MR) is 190 cm³/mol. The summed E-state index contributed by atoms with van der Waals surface area (Å²) < 4.78 is 24.1. The summed E-state index contributed by atoms with van der Waals surface area (Å²) in [6.45, 7) is 24.8. The van der Waals surface area contributed by atoms with E-state index < -0.39 is 21.2 Å². The molecule has 256 valence electrons. The lowest BCUT2D eigenvalue weighted by atomic mass is 9.59. The summed E-state index contributed by atoms with van der Waals surface area (Å²) >= 11 is 4.13. The van der Waals surface area contributed by atoms with Crippen molar-refractivity contribution in [2.45, 2.75) is 98.6 Å². The molecular weight excluding hydrogens is 688 g/mol. The standard InChI is InChI=1S/C18H26N4O3S2.C16H25BrO2/c1-16(2,3)13-9-11(7-8-18(13,23)17(4,5)6)12-10-22-14(20-12)26-15(21-22)27(19,24)25;1-14(2,3)13-9-11(12(18)10-17)7-8-16(13,19)15(4,5)6/h7-10,13,23H,1-6H3,(H2,19,24,25);7-9,13,19H,10H2,1-6H3. The maximum Gasteiger partial charge on any atom is 0.267 e. The number of imidazole rings is 1. The minimum absolute atomic E-state index is 0.0569. The molecular formula is C34H51BrN4O5S2. The Kier molecular flexibility index (Phi) is 10.5. The number of aromatic nitrogens is 3. The van der Waals surface area contributed by atoms with E-state index in [1.807, 2.05) is 59.8 Å². The van der Waals surface area contributed by atoms with Crippen LogP contribution in [-0.4, -0.2) is 55.5 Å². The quantitative estimate of drug-likeness (QED) is 0.295. The van der Waals surface area contributed by atoms with Crippen molar-refractivity contribution in [1.82, 2.24) is 14.6 Å². The second-order valence-corrected chi connectivity index (χ2v) is 19.8. The monoisotopic (exact) mass is 738 g/mol. The number of ketones is 1. The SMILES string of the molecule is CC(C)(C)C1C=C(C(=O)CBr)C=CC1(O)C(C)(C)C.CC(C)(C)C1C=C(c2cn3nc(S(N)(=O)=O)sc3n2)C=CC1(O)C(C)(C)C. The van der Waals surface area contributed by atoms with E-state index in [2.05, 4.69) is 73.6 Å². The second kappa shape index (κ2) is 12.5. The van der Waals surface area contributed by atoms with Gasteiger partial charge in [0, 0.05) is 17.4 Å². The molecule has 0 amide bonds.